The van der Waals surface area contributed by atoms with Gasteiger partial charge in [0.15, 0.2) is 0 Å². The first-order valence-corrected chi connectivity index (χ1v) is 7.62. The number of aromatic hydroxyl groups is 1. The van der Waals surface area contributed by atoms with E-state index < -0.39 is 0 Å². The summed E-state index contributed by atoms with van der Waals surface area (Å²) >= 11 is 5.97. The third kappa shape index (κ3) is 3.01. The number of hydrogen-bond donors (Lipinski definition) is 2. The summed E-state index contributed by atoms with van der Waals surface area (Å²) in [5, 5.41) is 15.2. The van der Waals surface area contributed by atoms with Gasteiger partial charge < -0.3 is 10.4 Å². The number of hydrogen-bond acceptors (Lipinski definition) is 2. The minimum absolute atomic E-state index is 0.331. The number of rotatable bonds is 1. The second kappa shape index (κ2) is 6.36. The van der Waals surface area contributed by atoms with Crippen molar-refractivity contribution >= 4 is 28.1 Å². The summed E-state index contributed by atoms with van der Waals surface area (Å²) in [5.41, 5.74) is 2.25. The maximum absolute atomic E-state index is 9.92. The number of benzene rings is 2. The number of phenolic OH excluding ortho intramolecular Hbond substituents is 1. The summed E-state index contributed by atoms with van der Waals surface area (Å²) in [6, 6.07) is 9.71. The van der Waals surface area contributed by atoms with E-state index in [-0.39, 0.29) is 0 Å². The zero-order valence-corrected chi connectivity index (χ0v) is 13.0. The van der Waals surface area contributed by atoms with Gasteiger partial charge in [0.2, 0.25) is 0 Å². The molecule has 3 rings (SSSR count). The first-order chi connectivity index (χ1) is 9.54. The molecule has 0 spiro atoms. The lowest BCUT2D eigenvalue weighted by Crippen LogP contribution is -2.02. The SMILES string of the molecule is CC(C)C.Oc1cc2c(c3ccccc13)[C@H](CCl)CN2. The molecule has 0 fully saturated rings. The van der Waals surface area contributed by atoms with Crippen molar-refractivity contribution in [1.82, 2.24) is 0 Å². The molecule has 1 heterocycles. The van der Waals surface area contributed by atoms with E-state index in [4.69, 9.17) is 11.6 Å². The van der Waals surface area contributed by atoms with Crippen molar-refractivity contribution in [3.05, 3.63) is 35.9 Å². The Bertz CT molecular complexity index is 592. The number of alkyl halides is 1. The lowest BCUT2D eigenvalue weighted by Gasteiger charge is -2.10. The largest absolute Gasteiger partial charge is 0.507 e. The number of anilines is 1. The van der Waals surface area contributed by atoms with Gasteiger partial charge in [0.05, 0.1) is 0 Å². The fourth-order valence-electron chi connectivity index (χ4n) is 2.43. The molecule has 0 amide bonds. The Morgan fingerprint density at radius 3 is 2.45 bits per heavy atom. The van der Waals surface area contributed by atoms with Crippen LogP contribution in [0, 0.1) is 5.92 Å². The van der Waals surface area contributed by atoms with Gasteiger partial charge in [-0.3, -0.25) is 0 Å². The molecular formula is C17H22ClNO. The molecule has 1 aliphatic rings. The molecule has 0 saturated heterocycles. The molecule has 0 saturated carbocycles. The van der Waals surface area contributed by atoms with Gasteiger partial charge in [-0.25, -0.2) is 0 Å². The van der Waals surface area contributed by atoms with Crippen LogP contribution in [0.1, 0.15) is 32.3 Å². The molecule has 3 heteroatoms. The van der Waals surface area contributed by atoms with Crippen molar-refractivity contribution in [3.63, 3.8) is 0 Å². The van der Waals surface area contributed by atoms with Gasteiger partial charge >= 0.3 is 0 Å². The molecule has 1 atom stereocenters. The zero-order chi connectivity index (χ0) is 14.7. The van der Waals surface area contributed by atoms with E-state index in [2.05, 4.69) is 26.1 Å². The van der Waals surface area contributed by atoms with Gasteiger partial charge in [-0.05, 0) is 16.9 Å². The average Bonchev–Trinajstić information content (AvgIpc) is 2.81. The van der Waals surface area contributed by atoms with Crippen LogP contribution in [0.15, 0.2) is 30.3 Å². The molecule has 0 unspecified atom stereocenters. The Kier molecular flexibility index (Phi) is 4.77. The van der Waals surface area contributed by atoms with E-state index in [1.807, 2.05) is 24.3 Å². The molecule has 2 N–H and O–H groups in total. The van der Waals surface area contributed by atoms with Crippen LogP contribution in [0.2, 0.25) is 0 Å². The van der Waals surface area contributed by atoms with Crippen LogP contribution in [0.3, 0.4) is 0 Å². The van der Waals surface area contributed by atoms with Gasteiger partial charge in [0.25, 0.3) is 0 Å². The van der Waals surface area contributed by atoms with Crippen LogP contribution < -0.4 is 5.32 Å². The highest BCUT2D eigenvalue weighted by Crippen LogP contribution is 2.41. The Balaban J connectivity index is 0.000000328. The maximum Gasteiger partial charge on any atom is 0.125 e. The number of phenols is 1. The third-order valence-corrected chi connectivity index (χ3v) is 3.57. The van der Waals surface area contributed by atoms with Gasteiger partial charge in [0.1, 0.15) is 5.75 Å². The highest BCUT2D eigenvalue weighted by molar-refractivity contribution is 6.18. The first kappa shape index (κ1) is 15.0. The molecule has 0 radical (unpaired) electrons. The Labute approximate surface area is 125 Å². The van der Waals surface area contributed by atoms with E-state index in [0.717, 1.165) is 28.9 Å². The third-order valence-electron chi connectivity index (χ3n) is 3.20. The first-order valence-electron chi connectivity index (χ1n) is 7.09. The van der Waals surface area contributed by atoms with Crippen LogP contribution in [0.5, 0.6) is 5.75 Å². The average molecular weight is 292 g/mol. The normalized spacial score (nSPS) is 16.6. The van der Waals surface area contributed by atoms with Crippen molar-refractivity contribution < 1.29 is 5.11 Å². The van der Waals surface area contributed by atoms with Crippen LogP contribution in [0.4, 0.5) is 5.69 Å². The minimum atomic E-state index is 0.331. The number of halogens is 1. The molecule has 2 aromatic rings. The van der Waals surface area contributed by atoms with Gasteiger partial charge in [-0.1, -0.05) is 45.0 Å². The summed E-state index contributed by atoms with van der Waals surface area (Å²) in [6.07, 6.45) is 0. The highest BCUT2D eigenvalue weighted by atomic mass is 35.5. The van der Waals surface area contributed by atoms with Gasteiger partial charge in [-0.15, -0.1) is 11.6 Å². The predicted octanol–water partition coefficient (Wildman–Crippen LogP) is 4.96. The summed E-state index contributed by atoms with van der Waals surface area (Å²) in [7, 11) is 0. The van der Waals surface area contributed by atoms with Crippen LogP contribution in [-0.2, 0) is 0 Å². The second-order valence-corrected chi connectivity index (χ2v) is 6.18. The maximum atomic E-state index is 9.92. The van der Waals surface area contributed by atoms with Crippen molar-refractivity contribution in [2.75, 3.05) is 17.7 Å². The quantitative estimate of drug-likeness (QED) is 0.728. The number of nitrogens with one attached hydrogen (secondary N) is 1. The minimum Gasteiger partial charge on any atom is -0.507 e. The second-order valence-electron chi connectivity index (χ2n) is 5.87. The summed E-state index contributed by atoms with van der Waals surface area (Å²) in [4.78, 5) is 0. The molecule has 1 aliphatic heterocycles. The Hall–Kier alpha value is -1.41. The molecule has 2 aromatic carbocycles. The van der Waals surface area contributed by atoms with E-state index in [1.165, 1.54) is 5.56 Å². The highest BCUT2D eigenvalue weighted by Gasteiger charge is 2.24. The summed E-state index contributed by atoms with van der Waals surface area (Å²) < 4.78 is 0. The lowest BCUT2D eigenvalue weighted by atomic mass is 9.95. The summed E-state index contributed by atoms with van der Waals surface area (Å²) in [6.45, 7) is 7.35. The van der Waals surface area contributed by atoms with Gasteiger partial charge in [-0.2, -0.15) is 0 Å². The summed E-state index contributed by atoms with van der Waals surface area (Å²) in [5.74, 6) is 2.11. The van der Waals surface area contributed by atoms with Crippen molar-refractivity contribution in [3.8, 4) is 5.75 Å². The fraction of sp³-hybridized carbons (Fsp3) is 0.412. The van der Waals surface area contributed by atoms with Crippen molar-refractivity contribution in [1.29, 1.82) is 0 Å². The van der Waals surface area contributed by atoms with E-state index >= 15 is 0 Å². The molecule has 0 aromatic heterocycles. The van der Waals surface area contributed by atoms with E-state index in [0.29, 0.717) is 17.5 Å². The van der Waals surface area contributed by atoms with Crippen LogP contribution in [-0.4, -0.2) is 17.5 Å². The lowest BCUT2D eigenvalue weighted by molar-refractivity contribution is 0.482. The van der Waals surface area contributed by atoms with Gasteiger partial charge in [0, 0.05) is 35.5 Å². The fourth-order valence-corrected chi connectivity index (χ4v) is 2.70. The molecule has 108 valence electrons. The molecule has 2 nitrogen and oxygen atoms in total. The molecule has 20 heavy (non-hydrogen) atoms. The van der Waals surface area contributed by atoms with Crippen LogP contribution >= 0.6 is 11.6 Å². The monoisotopic (exact) mass is 291 g/mol. The smallest absolute Gasteiger partial charge is 0.125 e. The van der Waals surface area contributed by atoms with E-state index in [1.54, 1.807) is 6.07 Å². The Morgan fingerprint density at radius 2 is 1.85 bits per heavy atom. The Morgan fingerprint density at radius 1 is 1.25 bits per heavy atom. The molecule has 0 bridgehead atoms. The van der Waals surface area contributed by atoms with Crippen LogP contribution in [0.25, 0.3) is 10.8 Å². The zero-order valence-electron chi connectivity index (χ0n) is 12.3. The number of fused-ring (bicyclic) bond motifs is 3. The van der Waals surface area contributed by atoms with Crippen molar-refractivity contribution in [2.24, 2.45) is 5.92 Å². The topological polar surface area (TPSA) is 32.3 Å². The van der Waals surface area contributed by atoms with Crippen molar-refractivity contribution in [2.45, 2.75) is 26.7 Å². The van der Waals surface area contributed by atoms with E-state index in [9.17, 15) is 5.11 Å². The molecular weight excluding hydrogens is 270 g/mol. The standard InChI is InChI=1S/C13H12ClNO.C4H10/c14-6-8-7-15-11-5-12(16)9-3-1-2-4-10(9)13(8)11;1-4(2)3/h1-5,8,15-16H,6-7H2;4H,1-3H3/t8-;/m1./s1. The molecule has 0 aliphatic carbocycles. The predicted molar refractivity (Wildman–Crippen MR) is 88.1 cm³/mol.